The van der Waals surface area contributed by atoms with Crippen molar-refractivity contribution in [3.63, 3.8) is 0 Å². The molecular formula is C15H25N3O. The van der Waals surface area contributed by atoms with Crippen LogP contribution >= 0.6 is 0 Å². The van der Waals surface area contributed by atoms with Crippen LogP contribution in [0.2, 0.25) is 0 Å². The molecular weight excluding hydrogens is 238 g/mol. The first-order valence-corrected chi connectivity index (χ1v) is 7.34. The standard InChI is InChI=1S/C15H25N3O/c1-3-7-16-15-13(6-5-8-17-15)11-18-9-10-19-12-14(18)4-2/h5-6,8,14H,3-4,7,9-12H2,1-2H3,(H,16,17). The van der Waals surface area contributed by atoms with Gasteiger partial charge >= 0.3 is 0 Å². The van der Waals surface area contributed by atoms with Gasteiger partial charge in [0.1, 0.15) is 5.82 Å². The van der Waals surface area contributed by atoms with E-state index in [1.807, 2.05) is 12.3 Å². The van der Waals surface area contributed by atoms with E-state index in [9.17, 15) is 0 Å². The second kappa shape index (κ2) is 7.46. The van der Waals surface area contributed by atoms with E-state index in [2.05, 4.69) is 35.1 Å². The zero-order chi connectivity index (χ0) is 13.5. The normalized spacial score (nSPS) is 20.4. The lowest BCUT2D eigenvalue weighted by atomic mass is 10.1. The molecule has 1 atom stereocenters. The molecule has 4 heteroatoms. The fraction of sp³-hybridized carbons (Fsp3) is 0.667. The number of rotatable bonds is 6. The predicted octanol–water partition coefficient (Wildman–Crippen LogP) is 2.51. The maximum Gasteiger partial charge on any atom is 0.130 e. The molecule has 1 fully saturated rings. The lowest BCUT2D eigenvalue weighted by Crippen LogP contribution is -2.44. The fourth-order valence-corrected chi connectivity index (χ4v) is 2.46. The average Bonchev–Trinajstić information content (AvgIpc) is 2.47. The topological polar surface area (TPSA) is 37.4 Å². The number of aromatic nitrogens is 1. The maximum atomic E-state index is 5.56. The number of hydrogen-bond acceptors (Lipinski definition) is 4. The van der Waals surface area contributed by atoms with Crippen molar-refractivity contribution >= 4 is 5.82 Å². The molecule has 0 spiro atoms. The molecule has 1 N–H and O–H groups in total. The number of anilines is 1. The van der Waals surface area contributed by atoms with Crippen molar-refractivity contribution in [2.75, 3.05) is 31.6 Å². The molecule has 0 amide bonds. The van der Waals surface area contributed by atoms with Crippen LogP contribution in [0.15, 0.2) is 18.3 Å². The van der Waals surface area contributed by atoms with Crippen LogP contribution in [0.1, 0.15) is 32.3 Å². The third-order valence-corrected chi connectivity index (χ3v) is 3.63. The number of morpholine rings is 1. The minimum absolute atomic E-state index is 0.535. The second-order valence-corrected chi connectivity index (χ2v) is 5.05. The van der Waals surface area contributed by atoms with Crippen molar-refractivity contribution in [1.29, 1.82) is 0 Å². The minimum Gasteiger partial charge on any atom is -0.378 e. The summed E-state index contributed by atoms with van der Waals surface area (Å²) in [5.74, 6) is 1.03. The Balaban J connectivity index is 2.04. The SMILES string of the molecule is CCCNc1ncccc1CN1CCOCC1CC. The zero-order valence-corrected chi connectivity index (χ0v) is 12.1. The summed E-state index contributed by atoms with van der Waals surface area (Å²) in [5, 5.41) is 3.42. The fourth-order valence-electron chi connectivity index (χ4n) is 2.46. The Hall–Kier alpha value is -1.13. The van der Waals surface area contributed by atoms with E-state index < -0.39 is 0 Å². The van der Waals surface area contributed by atoms with Crippen LogP contribution in [0.3, 0.4) is 0 Å². The van der Waals surface area contributed by atoms with Crippen LogP contribution in [0.5, 0.6) is 0 Å². The highest BCUT2D eigenvalue weighted by molar-refractivity contribution is 5.43. The van der Waals surface area contributed by atoms with E-state index in [4.69, 9.17) is 4.74 Å². The summed E-state index contributed by atoms with van der Waals surface area (Å²) >= 11 is 0. The molecule has 1 unspecified atom stereocenters. The Kier molecular flexibility index (Phi) is 5.61. The van der Waals surface area contributed by atoms with E-state index >= 15 is 0 Å². The van der Waals surface area contributed by atoms with Gasteiger partial charge in [0.05, 0.1) is 13.2 Å². The van der Waals surface area contributed by atoms with Crippen molar-refractivity contribution in [2.24, 2.45) is 0 Å². The van der Waals surface area contributed by atoms with Gasteiger partial charge in [-0.15, -0.1) is 0 Å². The van der Waals surface area contributed by atoms with Gasteiger partial charge < -0.3 is 10.1 Å². The number of hydrogen-bond donors (Lipinski definition) is 1. The Bertz CT molecular complexity index is 383. The molecule has 1 aliphatic heterocycles. The lowest BCUT2D eigenvalue weighted by Gasteiger charge is -2.35. The Morgan fingerprint density at radius 2 is 2.37 bits per heavy atom. The third kappa shape index (κ3) is 3.91. The molecule has 1 aliphatic rings. The summed E-state index contributed by atoms with van der Waals surface area (Å²) < 4.78 is 5.56. The largest absolute Gasteiger partial charge is 0.378 e. The van der Waals surface area contributed by atoms with Gasteiger partial charge in [0, 0.05) is 37.4 Å². The Labute approximate surface area is 116 Å². The summed E-state index contributed by atoms with van der Waals surface area (Å²) in [6.07, 6.45) is 4.11. The van der Waals surface area contributed by atoms with Crippen LogP contribution in [0.25, 0.3) is 0 Å². The number of pyridine rings is 1. The monoisotopic (exact) mass is 263 g/mol. The molecule has 1 aromatic heterocycles. The van der Waals surface area contributed by atoms with Gasteiger partial charge in [-0.25, -0.2) is 4.98 Å². The minimum atomic E-state index is 0.535. The van der Waals surface area contributed by atoms with Crippen molar-refractivity contribution in [1.82, 2.24) is 9.88 Å². The predicted molar refractivity (Wildman–Crippen MR) is 78.3 cm³/mol. The van der Waals surface area contributed by atoms with Gasteiger partial charge in [0.15, 0.2) is 0 Å². The first-order valence-electron chi connectivity index (χ1n) is 7.34. The first-order chi connectivity index (χ1) is 9.35. The summed E-state index contributed by atoms with van der Waals surface area (Å²) in [7, 11) is 0. The summed E-state index contributed by atoms with van der Waals surface area (Å²) in [5.41, 5.74) is 1.29. The molecule has 4 nitrogen and oxygen atoms in total. The van der Waals surface area contributed by atoms with Gasteiger partial charge in [-0.3, -0.25) is 4.90 Å². The van der Waals surface area contributed by atoms with Crippen LogP contribution < -0.4 is 5.32 Å². The molecule has 2 heterocycles. The number of nitrogens with zero attached hydrogens (tertiary/aromatic N) is 2. The van der Waals surface area contributed by atoms with E-state index in [0.717, 1.165) is 51.5 Å². The second-order valence-electron chi connectivity index (χ2n) is 5.05. The molecule has 0 aromatic carbocycles. The summed E-state index contributed by atoms with van der Waals surface area (Å²) in [6, 6.07) is 4.73. The van der Waals surface area contributed by atoms with Crippen molar-refractivity contribution in [2.45, 2.75) is 39.3 Å². The highest BCUT2D eigenvalue weighted by Crippen LogP contribution is 2.18. The van der Waals surface area contributed by atoms with Crippen LogP contribution in [0, 0.1) is 0 Å². The van der Waals surface area contributed by atoms with Gasteiger partial charge in [-0.1, -0.05) is 19.9 Å². The van der Waals surface area contributed by atoms with E-state index in [1.54, 1.807) is 0 Å². The molecule has 19 heavy (non-hydrogen) atoms. The molecule has 2 rings (SSSR count). The molecule has 0 radical (unpaired) electrons. The summed E-state index contributed by atoms with van der Waals surface area (Å²) in [6.45, 7) is 9.05. The highest BCUT2D eigenvalue weighted by Gasteiger charge is 2.22. The quantitative estimate of drug-likeness (QED) is 0.856. The zero-order valence-electron chi connectivity index (χ0n) is 12.1. The van der Waals surface area contributed by atoms with E-state index in [-0.39, 0.29) is 0 Å². The molecule has 1 saturated heterocycles. The molecule has 0 aliphatic carbocycles. The van der Waals surface area contributed by atoms with Crippen LogP contribution in [-0.2, 0) is 11.3 Å². The van der Waals surface area contributed by atoms with E-state index in [0.29, 0.717) is 6.04 Å². The maximum absolute atomic E-state index is 5.56. The van der Waals surface area contributed by atoms with Crippen molar-refractivity contribution in [3.8, 4) is 0 Å². The number of nitrogens with one attached hydrogen (secondary N) is 1. The first kappa shape index (κ1) is 14.3. The Morgan fingerprint density at radius 3 is 3.16 bits per heavy atom. The number of ether oxygens (including phenoxy) is 1. The third-order valence-electron chi connectivity index (χ3n) is 3.63. The van der Waals surface area contributed by atoms with Crippen LogP contribution in [-0.4, -0.2) is 42.2 Å². The van der Waals surface area contributed by atoms with Crippen LogP contribution in [0.4, 0.5) is 5.82 Å². The highest BCUT2D eigenvalue weighted by atomic mass is 16.5. The van der Waals surface area contributed by atoms with Crippen molar-refractivity contribution in [3.05, 3.63) is 23.9 Å². The lowest BCUT2D eigenvalue weighted by molar-refractivity contribution is -0.0126. The summed E-state index contributed by atoms with van der Waals surface area (Å²) in [4.78, 5) is 6.98. The smallest absolute Gasteiger partial charge is 0.130 e. The van der Waals surface area contributed by atoms with Gasteiger partial charge in [-0.05, 0) is 18.9 Å². The van der Waals surface area contributed by atoms with Gasteiger partial charge in [0.25, 0.3) is 0 Å². The Morgan fingerprint density at radius 1 is 1.47 bits per heavy atom. The average molecular weight is 263 g/mol. The van der Waals surface area contributed by atoms with Crippen molar-refractivity contribution < 1.29 is 4.74 Å². The van der Waals surface area contributed by atoms with Gasteiger partial charge in [-0.2, -0.15) is 0 Å². The molecule has 0 bridgehead atoms. The molecule has 0 saturated carbocycles. The van der Waals surface area contributed by atoms with E-state index in [1.165, 1.54) is 5.56 Å². The van der Waals surface area contributed by atoms with Gasteiger partial charge in [0.2, 0.25) is 0 Å². The molecule has 106 valence electrons. The molecule has 1 aromatic rings.